The fraction of sp³-hybridized carbons (Fsp3) is 0.787. The average Bonchev–Trinajstić information content (AvgIpc) is 3.33. The van der Waals surface area contributed by atoms with E-state index in [1.807, 2.05) is 0 Å². The smallest absolute Gasteiger partial charge is 0.306 e. The van der Waals surface area contributed by atoms with E-state index in [0.717, 1.165) is 96.3 Å². The van der Waals surface area contributed by atoms with Crippen LogP contribution in [0.1, 0.15) is 290 Å². The molecule has 0 aromatic rings. The van der Waals surface area contributed by atoms with Crippen molar-refractivity contribution in [2.75, 3.05) is 13.2 Å². The van der Waals surface area contributed by atoms with Crippen molar-refractivity contribution in [2.24, 2.45) is 0 Å². The lowest BCUT2D eigenvalue weighted by molar-refractivity contribution is -0.167. The minimum atomic E-state index is -0.784. The molecule has 0 aliphatic rings. The number of unbranched alkanes of at least 4 members (excludes halogenated alkanes) is 31. The zero-order valence-corrected chi connectivity index (χ0v) is 44.4. The van der Waals surface area contributed by atoms with Gasteiger partial charge in [-0.15, -0.1) is 0 Å². The molecule has 0 heterocycles. The molecular weight excluding hydrogens is 829 g/mol. The van der Waals surface area contributed by atoms with Crippen LogP contribution in [0.25, 0.3) is 0 Å². The quantitative estimate of drug-likeness (QED) is 0.0262. The van der Waals surface area contributed by atoms with E-state index in [9.17, 15) is 14.4 Å². The normalized spacial score (nSPS) is 12.5. The third kappa shape index (κ3) is 53.9. The first-order chi connectivity index (χ1) is 33.0. The molecule has 0 amide bonds. The maximum Gasteiger partial charge on any atom is 0.306 e. The molecule has 0 aromatic heterocycles. The molecule has 6 nitrogen and oxygen atoms in total. The van der Waals surface area contributed by atoms with Gasteiger partial charge >= 0.3 is 17.9 Å². The van der Waals surface area contributed by atoms with Gasteiger partial charge in [-0.05, 0) is 83.5 Å². The Bertz CT molecular complexity index is 1210. The number of allylic oxidation sites excluding steroid dienone is 10. The molecule has 0 fully saturated rings. The largest absolute Gasteiger partial charge is 0.462 e. The molecule has 388 valence electrons. The van der Waals surface area contributed by atoms with Gasteiger partial charge in [0.25, 0.3) is 0 Å². The summed E-state index contributed by atoms with van der Waals surface area (Å²) in [6.45, 7) is 6.53. The highest BCUT2D eigenvalue weighted by atomic mass is 16.6. The van der Waals surface area contributed by atoms with Crippen molar-refractivity contribution in [3.05, 3.63) is 60.8 Å². The monoisotopic (exact) mass is 937 g/mol. The zero-order chi connectivity index (χ0) is 48.6. The predicted octanol–water partition coefficient (Wildman–Crippen LogP) is 19.2. The Morgan fingerprint density at radius 2 is 0.582 bits per heavy atom. The molecule has 0 N–H and O–H groups in total. The van der Waals surface area contributed by atoms with Gasteiger partial charge in [0.05, 0.1) is 0 Å². The Labute approximate surface area is 415 Å². The molecule has 0 unspecified atom stereocenters. The number of ether oxygens (including phenoxy) is 3. The molecular formula is C61H108O6. The number of hydrogen-bond acceptors (Lipinski definition) is 6. The van der Waals surface area contributed by atoms with Crippen LogP contribution in [0, 0.1) is 0 Å². The fourth-order valence-corrected chi connectivity index (χ4v) is 8.19. The maximum atomic E-state index is 12.8. The van der Waals surface area contributed by atoms with Gasteiger partial charge in [-0.25, -0.2) is 0 Å². The van der Waals surface area contributed by atoms with Crippen LogP contribution in [0.15, 0.2) is 60.8 Å². The number of carbonyl (C=O) groups is 3. The first kappa shape index (κ1) is 64.1. The van der Waals surface area contributed by atoms with Crippen LogP contribution in [0.2, 0.25) is 0 Å². The van der Waals surface area contributed by atoms with Crippen LogP contribution >= 0.6 is 0 Å². The van der Waals surface area contributed by atoms with Crippen molar-refractivity contribution in [2.45, 2.75) is 297 Å². The zero-order valence-electron chi connectivity index (χ0n) is 44.4. The van der Waals surface area contributed by atoms with E-state index >= 15 is 0 Å². The lowest BCUT2D eigenvalue weighted by atomic mass is 10.0. The SMILES string of the molecule is CC/C=C\C/C=C\C/C=C\C/C=C\CCCCCCC(=O)OC[C@H](COC(=O)CCCCCCCCC/C=C\CCCCCCCC)OC(=O)CCCCCCCCCCCCCCCCC. The van der Waals surface area contributed by atoms with E-state index in [1.165, 1.54) is 154 Å². The number of hydrogen-bond donors (Lipinski definition) is 0. The topological polar surface area (TPSA) is 78.9 Å². The van der Waals surface area contributed by atoms with E-state index in [0.29, 0.717) is 19.3 Å². The fourth-order valence-electron chi connectivity index (χ4n) is 8.19. The highest BCUT2D eigenvalue weighted by Gasteiger charge is 2.19. The highest BCUT2D eigenvalue weighted by Crippen LogP contribution is 2.16. The van der Waals surface area contributed by atoms with E-state index in [2.05, 4.69) is 81.5 Å². The summed E-state index contributed by atoms with van der Waals surface area (Å²) in [5.41, 5.74) is 0. The van der Waals surface area contributed by atoms with E-state index < -0.39 is 6.10 Å². The molecule has 0 aromatic carbocycles. The second-order valence-corrected chi connectivity index (χ2v) is 19.2. The molecule has 6 heteroatoms. The van der Waals surface area contributed by atoms with Gasteiger partial charge in [0.15, 0.2) is 6.10 Å². The van der Waals surface area contributed by atoms with Crippen LogP contribution in [-0.4, -0.2) is 37.2 Å². The van der Waals surface area contributed by atoms with Crippen molar-refractivity contribution in [1.82, 2.24) is 0 Å². The van der Waals surface area contributed by atoms with Gasteiger partial charge < -0.3 is 14.2 Å². The molecule has 0 bridgehead atoms. The lowest BCUT2D eigenvalue weighted by Gasteiger charge is -2.18. The second kappa shape index (κ2) is 55.7. The number of carbonyl (C=O) groups excluding carboxylic acids is 3. The third-order valence-electron chi connectivity index (χ3n) is 12.5. The van der Waals surface area contributed by atoms with Gasteiger partial charge in [0.1, 0.15) is 13.2 Å². The van der Waals surface area contributed by atoms with Crippen LogP contribution in [0.5, 0.6) is 0 Å². The van der Waals surface area contributed by atoms with Crippen molar-refractivity contribution in [1.29, 1.82) is 0 Å². The average molecular weight is 938 g/mol. The summed E-state index contributed by atoms with van der Waals surface area (Å²) in [6.07, 6.45) is 69.2. The summed E-state index contributed by atoms with van der Waals surface area (Å²) in [6, 6.07) is 0. The molecule has 1 atom stereocenters. The molecule has 0 aliphatic carbocycles. The maximum absolute atomic E-state index is 12.8. The van der Waals surface area contributed by atoms with Crippen molar-refractivity contribution >= 4 is 17.9 Å². The molecule has 67 heavy (non-hydrogen) atoms. The summed E-state index contributed by atoms with van der Waals surface area (Å²) < 4.78 is 16.9. The van der Waals surface area contributed by atoms with E-state index in [-0.39, 0.29) is 31.1 Å². The van der Waals surface area contributed by atoms with Crippen molar-refractivity contribution in [3.63, 3.8) is 0 Å². The minimum absolute atomic E-state index is 0.0819. The highest BCUT2D eigenvalue weighted by molar-refractivity contribution is 5.71. The summed E-state index contributed by atoms with van der Waals surface area (Å²) in [7, 11) is 0. The third-order valence-corrected chi connectivity index (χ3v) is 12.5. The Morgan fingerprint density at radius 3 is 0.925 bits per heavy atom. The summed E-state index contributed by atoms with van der Waals surface area (Å²) in [5.74, 6) is -0.897. The molecule has 0 spiro atoms. The van der Waals surface area contributed by atoms with Crippen molar-refractivity contribution < 1.29 is 28.6 Å². The summed E-state index contributed by atoms with van der Waals surface area (Å²) in [4.78, 5) is 38.2. The molecule has 0 aliphatic heterocycles. The van der Waals surface area contributed by atoms with E-state index in [4.69, 9.17) is 14.2 Å². The minimum Gasteiger partial charge on any atom is -0.462 e. The molecule has 0 rings (SSSR count). The first-order valence-electron chi connectivity index (χ1n) is 28.8. The van der Waals surface area contributed by atoms with Crippen molar-refractivity contribution in [3.8, 4) is 0 Å². The van der Waals surface area contributed by atoms with Gasteiger partial charge in [-0.3, -0.25) is 14.4 Å². The number of rotatable bonds is 52. The van der Waals surface area contributed by atoms with Crippen LogP contribution in [0.4, 0.5) is 0 Å². The Hall–Kier alpha value is -2.89. The molecule has 0 radical (unpaired) electrons. The predicted molar refractivity (Wildman–Crippen MR) is 288 cm³/mol. The lowest BCUT2D eigenvalue weighted by Crippen LogP contribution is -2.30. The van der Waals surface area contributed by atoms with Gasteiger partial charge in [0.2, 0.25) is 0 Å². The summed E-state index contributed by atoms with van der Waals surface area (Å²) in [5, 5.41) is 0. The van der Waals surface area contributed by atoms with E-state index in [1.54, 1.807) is 0 Å². The van der Waals surface area contributed by atoms with Gasteiger partial charge in [-0.2, -0.15) is 0 Å². The van der Waals surface area contributed by atoms with Gasteiger partial charge in [-0.1, -0.05) is 248 Å². The Kier molecular flexibility index (Phi) is 53.3. The molecule has 0 saturated heterocycles. The van der Waals surface area contributed by atoms with Crippen LogP contribution < -0.4 is 0 Å². The Balaban J connectivity index is 4.40. The van der Waals surface area contributed by atoms with Crippen LogP contribution in [-0.2, 0) is 28.6 Å². The molecule has 0 saturated carbocycles. The Morgan fingerprint density at radius 1 is 0.313 bits per heavy atom. The first-order valence-corrected chi connectivity index (χ1v) is 28.8. The summed E-state index contributed by atoms with van der Waals surface area (Å²) >= 11 is 0. The second-order valence-electron chi connectivity index (χ2n) is 19.2. The van der Waals surface area contributed by atoms with Gasteiger partial charge in [0, 0.05) is 19.3 Å². The standard InChI is InChI=1S/C61H108O6/c1-4-7-10-13-16-19-22-25-28-30-33-35-38-41-44-47-50-53-59(62)65-56-58(67-61(64)55-52-49-46-43-40-37-32-27-24-21-18-15-12-9-6-3)57-66-60(63)54-51-48-45-42-39-36-34-31-29-26-23-20-17-14-11-8-5-2/h7,10,16,19,25-26,28-29,33,35,58H,4-6,8-9,11-15,17-18,20-24,27,30-32,34,36-57H2,1-3H3/b10-7-,19-16-,28-25-,29-26-,35-33-/t58-/m1/s1. The van der Waals surface area contributed by atoms with Crippen LogP contribution in [0.3, 0.4) is 0 Å². The number of esters is 3.